The minimum absolute atomic E-state index is 0.0426. The maximum absolute atomic E-state index is 11.0. The summed E-state index contributed by atoms with van der Waals surface area (Å²) in [5.41, 5.74) is 1.97. The number of hydrazine groups is 1. The molecule has 0 aromatic heterocycles. The first-order valence-corrected chi connectivity index (χ1v) is 4.93. The SMILES string of the molecule is NNC(=O)C(CCS)NC(=O)CS. The number of carbonyl (C=O) groups is 2. The molecule has 0 heterocycles. The lowest BCUT2D eigenvalue weighted by Gasteiger charge is -2.14. The largest absolute Gasteiger partial charge is 0.344 e. The maximum atomic E-state index is 11.0. The van der Waals surface area contributed by atoms with Gasteiger partial charge in [-0.15, -0.1) is 0 Å². The second-order valence-corrected chi connectivity index (χ2v) is 3.06. The molecule has 0 aliphatic heterocycles. The molecular weight excluding hydrogens is 210 g/mol. The van der Waals surface area contributed by atoms with Crippen LogP contribution in [0, 0.1) is 0 Å². The zero-order valence-electron chi connectivity index (χ0n) is 6.99. The van der Waals surface area contributed by atoms with E-state index in [0.29, 0.717) is 12.2 Å². The lowest BCUT2D eigenvalue weighted by molar-refractivity contribution is -0.127. The van der Waals surface area contributed by atoms with Gasteiger partial charge in [-0.25, -0.2) is 5.84 Å². The van der Waals surface area contributed by atoms with E-state index < -0.39 is 11.9 Å². The normalized spacial score (nSPS) is 11.9. The molecule has 4 N–H and O–H groups in total. The summed E-state index contributed by atoms with van der Waals surface area (Å²) in [6, 6.07) is -0.623. The third-order valence-corrected chi connectivity index (χ3v) is 1.90. The summed E-state index contributed by atoms with van der Waals surface area (Å²) < 4.78 is 0. The van der Waals surface area contributed by atoms with Crippen molar-refractivity contribution in [3.05, 3.63) is 0 Å². The predicted octanol–water partition coefficient (Wildman–Crippen LogP) is -1.29. The van der Waals surface area contributed by atoms with Crippen LogP contribution in [0.3, 0.4) is 0 Å². The highest BCUT2D eigenvalue weighted by Gasteiger charge is 2.17. The summed E-state index contributed by atoms with van der Waals surface area (Å²) in [4.78, 5) is 21.9. The molecule has 0 spiro atoms. The second kappa shape index (κ2) is 7.05. The highest BCUT2D eigenvalue weighted by molar-refractivity contribution is 7.81. The fourth-order valence-corrected chi connectivity index (χ4v) is 1.09. The first-order chi connectivity index (χ1) is 6.15. The molecule has 0 saturated heterocycles. The topological polar surface area (TPSA) is 84.2 Å². The Balaban J connectivity index is 4.08. The third kappa shape index (κ3) is 5.02. The molecular formula is C6H13N3O2S2. The second-order valence-electron chi connectivity index (χ2n) is 2.30. The highest BCUT2D eigenvalue weighted by Crippen LogP contribution is 1.94. The minimum Gasteiger partial charge on any atom is -0.344 e. The minimum atomic E-state index is -0.623. The molecule has 0 saturated carbocycles. The van der Waals surface area contributed by atoms with Gasteiger partial charge in [0, 0.05) is 0 Å². The summed E-state index contributed by atoms with van der Waals surface area (Å²) >= 11 is 7.72. The van der Waals surface area contributed by atoms with Crippen molar-refractivity contribution in [2.75, 3.05) is 11.5 Å². The standard InChI is InChI=1S/C6H13N3O2S2/c7-9-6(11)4(1-2-12)8-5(10)3-13/h4,12-13H,1-3,7H2,(H,8,10)(H,9,11). The Morgan fingerprint density at radius 3 is 2.38 bits per heavy atom. The van der Waals surface area contributed by atoms with Crippen molar-refractivity contribution in [2.45, 2.75) is 12.5 Å². The van der Waals surface area contributed by atoms with E-state index in [0.717, 1.165) is 0 Å². The van der Waals surface area contributed by atoms with Crippen LogP contribution in [0.15, 0.2) is 0 Å². The van der Waals surface area contributed by atoms with Gasteiger partial charge in [0.25, 0.3) is 5.91 Å². The van der Waals surface area contributed by atoms with Crippen molar-refractivity contribution in [1.29, 1.82) is 0 Å². The number of hydrogen-bond donors (Lipinski definition) is 5. The van der Waals surface area contributed by atoms with Gasteiger partial charge in [-0.1, -0.05) is 0 Å². The summed E-state index contributed by atoms with van der Waals surface area (Å²) in [5, 5.41) is 2.46. The zero-order chi connectivity index (χ0) is 10.3. The van der Waals surface area contributed by atoms with E-state index in [-0.39, 0.29) is 11.7 Å². The first kappa shape index (κ1) is 12.6. The predicted molar refractivity (Wildman–Crippen MR) is 56.6 cm³/mol. The Morgan fingerprint density at radius 2 is 2.00 bits per heavy atom. The molecule has 1 unspecified atom stereocenters. The van der Waals surface area contributed by atoms with E-state index >= 15 is 0 Å². The van der Waals surface area contributed by atoms with Crippen LogP contribution in [0.5, 0.6) is 0 Å². The molecule has 0 aliphatic rings. The zero-order valence-corrected chi connectivity index (χ0v) is 8.78. The van der Waals surface area contributed by atoms with Gasteiger partial charge in [0.2, 0.25) is 5.91 Å². The number of nitrogens with two attached hydrogens (primary N) is 1. The van der Waals surface area contributed by atoms with Crippen molar-refractivity contribution in [3.8, 4) is 0 Å². The fourth-order valence-electron chi connectivity index (χ4n) is 0.738. The lowest BCUT2D eigenvalue weighted by atomic mass is 10.2. The van der Waals surface area contributed by atoms with E-state index in [9.17, 15) is 9.59 Å². The molecule has 76 valence electrons. The van der Waals surface area contributed by atoms with Gasteiger partial charge in [0.15, 0.2) is 0 Å². The number of carbonyl (C=O) groups excluding carboxylic acids is 2. The molecule has 0 fully saturated rings. The van der Waals surface area contributed by atoms with E-state index in [1.54, 1.807) is 0 Å². The molecule has 0 aromatic rings. The van der Waals surface area contributed by atoms with Crippen LogP contribution in [-0.2, 0) is 9.59 Å². The van der Waals surface area contributed by atoms with Crippen molar-refractivity contribution < 1.29 is 9.59 Å². The molecule has 7 heteroatoms. The van der Waals surface area contributed by atoms with Crippen molar-refractivity contribution >= 4 is 37.1 Å². The van der Waals surface area contributed by atoms with Crippen molar-refractivity contribution in [3.63, 3.8) is 0 Å². The Bertz CT molecular complexity index is 189. The summed E-state index contributed by atoms with van der Waals surface area (Å²) in [6.45, 7) is 0. The van der Waals surface area contributed by atoms with Crippen molar-refractivity contribution in [1.82, 2.24) is 10.7 Å². The molecule has 2 amide bonds. The Kier molecular flexibility index (Phi) is 6.83. The van der Waals surface area contributed by atoms with E-state index in [4.69, 9.17) is 5.84 Å². The molecule has 0 aromatic carbocycles. The highest BCUT2D eigenvalue weighted by atomic mass is 32.1. The van der Waals surface area contributed by atoms with Crippen LogP contribution < -0.4 is 16.6 Å². The Morgan fingerprint density at radius 1 is 1.38 bits per heavy atom. The summed E-state index contributed by atoms with van der Waals surface area (Å²) in [7, 11) is 0. The molecule has 0 aliphatic carbocycles. The van der Waals surface area contributed by atoms with Gasteiger partial charge >= 0.3 is 0 Å². The maximum Gasteiger partial charge on any atom is 0.256 e. The van der Waals surface area contributed by atoms with Crippen LogP contribution in [0.1, 0.15) is 6.42 Å². The van der Waals surface area contributed by atoms with Gasteiger partial charge in [0.05, 0.1) is 5.75 Å². The molecule has 0 bridgehead atoms. The van der Waals surface area contributed by atoms with Gasteiger partial charge < -0.3 is 5.32 Å². The van der Waals surface area contributed by atoms with E-state index in [1.807, 2.05) is 5.43 Å². The number of thiol groups is 2. The quantitative estimate of drug-likeness (QED) is 0.174. The average molecular weight is 223 g/mol. The molecule has 13 heavy (non-hydrogen) atoms. The molecule has 5 nitrogen and oxygen atoms in total. The molecule has 0 rings (SSSR count). The fraction of sp³-hybridized carbons (Fsp3) is 0.667. The molecule has 0 radical (unpaired) electrons. The van der Waals surface area contributed by atoms with Gasteiger partial charge in [-0.05, 0) is 12.2 Å². The van der Waals surface area contributed by atoms with Crippen molar-refractivity contribution in [2.24, 2.45) is 5.84 Å². The van der Waals surface area contributed by atoms with Crippen LogP contribution >= 0.6 is 25.3 Å². The average Bonchev–Trinajstić information content (AvgIpc) is 2.15. The number of amides is 2. The van der Waals surface area contributed by atoms with Gasteiger partial charge in [0.1, 0.15) is 6.04 Å². The van der Waals surface area contributed by atoms with Crippen LogP contribution in [0.4, 0.5) is 0 Å². The van der Waals surface area contributed by atoms with Crippen LogP contribution in [-0.4, -0.2) is 29.4 Å². The number of rotatable bonds is 5. The van der Waals surface area contributed by atoms with E-state index in [2.05, 4.69) is 30.6 Å². The first-order valence-electron chi connectivity index (χ1n) is 3.67. The molecule has 1 atom stereocenters. The van der Waals surface area contributed by atoms with Gasteiger partial charge in [-0.3, -0.25) is 15.0 Å². The van der Waals surface area contributed by atoms with E-state index in [1.165, 1.54) is 0 Å². The summed E-state index contributed by atoms with van der Waals surface area (Å²) in [5.74, 6) is 4.73. The van der Waals surface area contributed by atoms with Gasteiger partial charge in [-0.2, -0.15) is 25.3 Å². The van der Waals surface area contributed by atoms with Crippen LogP contribution in [0.25, 0.3) is 0 Å². The Labute approximate surface area is 87.6 Å². The summed E-state index contributed by atoms with van der Waals surface area (Å²) in [6.07, 6.45) is 0.436. The van der Waals surface area contributed by atoms with Crippen LogP contribution in [0.2, 0.25) is 0 Å². The monoisotopic (exact) mass is 223 g/mol. The Hall–Kier alpha value is -0.400. The third-order valence-electron chi connectivity index (χ3n) is 1.36. The lowest BCUT2D eigenvalue weighted by Crippen LogP contribution is -2.49. The smallest absolute Gasteiger partial charge is 0.256 e. The number of nitrogens with one attached hydrogen (secondary N) is 2. The number of hydrogen-bond acceptors (Lipinski definition) is 5.